The van der Waals surface area contributed by atoms with Crippen molar-refractivity contribution in [2.24, 2.45) is 0 Å². The van der Waals surface area contributed by atoms with Gasteiger partial charge in [-0.25, -0.2) is 8.42 Å². The van der Waals surface area contributed by atoms with Gasteiger partial charge < -0.3 is 5.11 Å². The third-order valence-corrected chi connectivity index (χ3v) is 5.30. The maximum Gasteiger partial charge on any atom is 0.262 e. The minimum absolute atomic E-state index is 0.135. The monoisotopic (exact) mass is 389 g/mol. The number of halogens is 2. The van der Waals surface area contributed by atoms with Crippen LogP contribution in [0.1, 0.15) is 11.1 Å². The minimum Gasteiger partial charge on any atom is -0.392 e. The number of anilines is 1. The Bertz CT molecular complexity index is 778. The highest BCUT2D eigenvalue weighted by Crippen LogP contribution is 2.29. The second kappa shape index (κ2) is 6.36. The van der Waals surface area contributed by atoms with Gasteiger partial charge in [-0.05, 0) is 58.2 Å². The van der Waals surface area contributed by atoms with E-state index in [2.05, 4.69) is 20.7 Å². The number of benzene rings is 2. The third-order valence-electron chi connectivity index (χ3n) is 2.90. The van der Waals surface area contributed by atoms with Gasteiger partial charge in [0.25, 0.3) is 10.0 Å². The molecule has 2 rings (SSSR count). The molecule has 2 aromatic carbocycles. The molecule has 0 heterocycles. The Morgan fingerprint density at radius 3 is 2.57 bits per heavy atom. The van der Waals surface area contributed by atoms with Gasteiger partial charge in [-0.15, -0.1) is 0 Å². The van der Waals surface area contributed by atoms with Crippen LogP contribution < -0.4 is 4.72 Å². The standard InChI is InChI=1S/C14H13BrClNO3S/c1-9-2-3-10(8-18)6-14(9)21(19,20)17-13-5-4-11(16)7-12(13)15/h2-7,17-18H,8H2,1H3. The van der Waals surface area contributed by atoms with Crippen molar-refractivity contribution >= 4 is 43.2 Å². The molecule has 0 bridgehead atoms. The number of aliphatic hydroxyl groups excluding tert-OH is 1. The lowest BCUT2D eigenvalue weighted by molar-refractivity contribution is 0.281. The number of nitrogens with one attached hydrogen (secondary N) is 1. The van der Waals surface area contributed by atoms with Gasteiger partial charge in [0, 0.05) is 9.50 Å². The maximum absolute atomic E-state index is 12.5. The first kappa shape index (κ1) is 16.3. The Balaban J connectivity index is 2.43. The van der Waals surface area contributed by atoms with Gasteiger partial charge in [-0.2, -0.15) is 0 Å². The molecule has 0 spiro atoms. The lowest BCUT2D eigenvalue weighted by Gasteiger charge is -2.12. The number of rotatable bonds is 4. The van der Waals surface area contributed by atoms with Crippen LogP contribution in [0.25, 0.3) is 0 Å². The van der Waals surface area contributed by atoms with Crippen LogP contribution >= 0.6 is 27.5 Å². The highest BCUT2D eigenvalue weighted by molar-refractivity contribution is 9.10. The number of sulfonamides is 1. The van der Waals surface area contributed by atoms with Crippen molar-refractivity contribution in [1.29, 1.82) is 0 Å². The number of aryl methyl sites for hydroxylation is 1. The summed E-state index contributed by atoms with van der Waals surface area (Å²) in [6.07, 6.45) is 0. The van der Waals surface area contributed by atoms with Crippen molar-refractivity contribution in [1.82, 2.24) is 0 Å². The summed E-state index contributed by atoms with van der Waals surface area (Å²) in [6, 6.07) is 9.60. The molecule has 2 aromatic rings. The SMILES string of the molecule is Cc1ccc(CO)cc1S(=O)(=O)Nc1ccc(Cl)cc1Br. The average Bonchev–Trinajstić information content (AvgIpc) is 2.42. The fourth-order valence-corrected chi connectivity index (χ4v) is 4.09. The van der Waals surface area contributed by atoms with Crippen molar-refractivity contribution in [3.63, 3.8) is 0 Å². The van der Waals surface area contributed by atoms with Gasteiger partial charge in [-0.1, -0.05) is 23.7 Å². The molecule has 0 unspecified atom stereocenters. The van der Waals surface area contributed by atoms with E-state index in [0.29, 0.717) is 26.3 Å². The molecular formula is C14H13BrClNO3S. The first-order valence-corrected chi connectivity index (χ1v) is 8.67. The maximum atomic E-state index is 12.5. The number of aliphatic hydroxyl groups is 1. The second-order valence-electron chi connectivity index (χ2n) is 4.49. The molecule has 21 heavy (non-hydrogen) atoms. The van der Waals surface area contributed by atoms with Gasteiger partial charge in [0.1, 0.15) is 0 Å². The molecule has 7 heteroatoms. The van der Waals surface area contributed by atoms with Gasteiger partial charge in [0.05, 0.1) is 17.2 Å². The highest BCUT2D eigenvalue weighted by atomic mass is 79.9. The molecule has 0 aliphatic rings. The van der Waals surface area contributed by atoms with Crippen LogP contribution in [-0.4, -0.2) is 13.5 Å². The largest absolute Gasteiger partial charge is 0.392 e. The fraction of sp³-hybridized carbons (Fsp3) is 0.143. The predicted molar refractivity (Wildman–Crippen MR) is 87.1 cm³/mol. The summed E-state index contributed by atoms with van der Waals surface area (Å²) in [5, 5.41) is 9.65. The lowest BCUT2D eigenvalue weighted by atomic mass is 10.2. The molecule has 0 saturated heterocycles. The van der Waals surface area contributed by atoms with Crippen LogP contribution in [0.3, 0.4) is 0 Å². The van der Waals surface area contributed by atoms with Crippen LogP contribution in [0.15, 0.2) is 45.8 Å². The van der Waals surface area contributed by atoms with Crippen molar-refractivity contribution < 1.29 is 13.5 Å². The fourth-order valence-electron chi connectivity index (χ4n) is 1.80. The zero-order valence-electron chi connectivity index (χ0n) is 11.1. The van der Waals surface area contributed by atoms with Crippen molar-refractivity contribution in [3.05, 3.63) is 57.0 Å². The normalized spacial score (nSPS) is 11.4. The van der Waals surface area contributed by atoms with E-state index < -0.39 is 10.0 Å². The number of hydrogen-bond donors (Lipinski definition) is 2. The molecule has 0 aliphatic heterocycles. The molecule has 0 amide bonds. The van der Waals surface area contributed by atoms with Crippen LogP contribution in [0.4, 0.5) is 5.69 Å². The van der Waals surface area contributed by atoms with Gasteiger partial charge >= 0.3 is 0 Å². The molecule has 0 radical (unpaired) electrons. The van der Waals surface area contributed by atoms with E-state index in [9.17, 15) is 8.42 Å². The van der Waals surface area contributed by atoms with Crippen LogP contribution in [-0.2, 0) is 16.6 Å². The molecule has 0 atom stereocenters. The first-order valence-electron chi connectivity index (χ1n) is 6.02. The summed E-state index contributed by atoms with van der Waals surface area (Å²) in [4.78, 5) is 0.135. The predicted octanol–water partition coefficient (Wildman–Crippen LogP) is 3.70. The molecular weight excluding hydrogens is 378 g/mol. The van der Waals surface area contributed by atoms with E-state index in [4.69, 9.17) is 16.7 Å². The summed E-state index contributed by atoms with van der Waals surface area (Å²) in [6.45, 7) is 1.49. The Hall–Kier alpha value is -1.08. The van der Waals surface area contributed by atoms with Crippen molar-refractivity contribution in [2.75, 3.05) is 4.72 Å². The lowest BCUT2D eigenvalue weighted by Crippen LogP contribution is -2.15. The molecule has 0 saturated carbocycles. The third kappa shape index (κ3) is 3.77. The summed E-state index contributed by atoms with van der Waals surface area (Å²) in [5.41, 5.74) is 1.54. The Labute approximate surface area is 136 Å². The van der Waals surface area contributed by atoms with E-state index in [1.807, 2.05) is 0 Å². The van der Waals surface area contributed by atoms with Gasteiger partial charge in [0.15, 0.2) is 0 Å². The van der Waals surface area contributed by atoms with Gasteiger partial charge in [-0.3, -0.25) is 4.72 Å². The molecule has 2 N–H and O–H groups in total. The smallest absolute Gasteiger partial charge is 0.262 e. The molecule has 0 aliphatic carbocycles. The Morgan fingerprint density at radius 2 is 1.95 bits per heavy atom. The van der Waals surface area contributed by atoms with Crippen molar-refractivity contribution in [3.8, 4) is 0 Å². The topological polar surface area (TPSA) is 66.4 Å². The molecule has 4 nitrogen and oxygen atoms in total. The Kier molecular flexibility index (Phi) is 4.93. The minimum atomic E-state index is -3.75. The summed E-state index contributed by atoms with van der Waals surface area (Å²) < 4.78 is 28.0. The zero-order chi connectivity index (χ0) is 15.6. The van der Waals surface area contributed by atoms with E-state index in [-0.39, 0.29) is 11.5 Å². The summed E-state index contributed by atoms with van der Waals surface area (Å²) >= 11 is 9.10. The second-order valence-corrected chi connectivity index (χ2v) is 7.43. The van der Waals surface area contributed by atoms with Crippen molar-refractivity contribution in [2.45, 2.75) is 18.4 Å². The molecule has 112 valence electrons. The summed E-state index contributed by atoms with van der Waals surface area (Å²) in [7, 11) is -3.75. The highest BCUT2D eigenvalue weighted by Gasteiger charge is 2.18. The molecule has 0 fully saturated rings. The summed E-state index contributed by atoms with van der Waals surface area (Å²) in [5.74, 6) is 0. The van der Waals surface area contributed by atoms with E-state index in [1.165, 1.54) is 6.07 Å². The van der Waals surface area contributed by atoms with E-state index in [1.54, 1.807) is 37.3 Å². The first-order chi connectivity index (χ1) is 9.83. The average molecular weight is 391 g/mol. The van der Waals surface area contributed by atoms with Gasteiger partial charge in [0.2, 0.25) is 0 Å². The zero-order valence-corrected chi connectivity index (χ0v) is 14.3. The Morgan fingerprint density at radius 1 is 1.24 bits per heavy atom. The van der Waals surface area contributed by atoms with Crippen LogP contribution in [0.5, 0.6) is 0 Å². The quantitative estimate of drug-likeness (QED) is 0.836. The number of hydrogen-bond acceptors (Lipinski definition) is 3. The van der Waals surface area contributed by atoms with Crippen LogP contribution in [0.2, 0.25) is 5.02 Å². The van der Waals surface area contributed by atoms with E-state index >= 15 is 0 Å². The van der Waals surface area contributed by atoms with E-state index in [0.717, 1.165) is 0 Å². The van der Waals surface area contributed by atoms with Crippen LogP contribution in [0, 0.1) is 6.92 Å². The molecule has 0 aromatic heterocycles.